The van der Waals surface area contributed by atoms with Gasteiger partial charge in [0, 0.05) is 6.07 Å². The maximum atomic E-state index is 12.1. The maximum absolute atomic E-state index is 12.1. The van der Waals surface area contributed by atoms with E-state index in [4.69, 9.17) is 0 Å². The Labute approximate surface area is 122 Å². The van der Waals surface area contributed by atoms with E-state index >= 15 is 0 Å². The lowest BCUT2D eigenvalue weighted by molar-refractivity contribution is -0.385. The molecule has 110 valence electrons. The van der Waals surface area contributed by atoms with Gasteiger partial charge < -0.3 is 4.98 Å². The third kappa shape index (κ3) is 2.30. The van der Waals surface area contributed by atoms with Crippen LogP contribution >= 0.6 is 0 Å². The van der Waals surface area contributed by atoms with Crippen LogP contribution < -0.4 is 11.0 Å². The number of aromatic nitrogens is 3. The predicted octanol–water partition coefficient (Wildman–Crippen LogP) is 1.02. The fraction of sp³-hybridized carbons (Fsp3) is 0. The number of aromatic amines is 1. The van der Waals surface area contributed by atoms with Gasteiger partial charge in [-0.3, -0.25) is 25.1 Å². The Hall–Kier alpha value is -3.49. The largest absolute Gasteiger partial charge is 0.322 e. The molecule has 3 rings (SSSR count). The zero-order valence-electron chi connectivity index (χ0n) is 11.0. The highest BCUT2D eigenvalue weighted by atomic mass is 16.6. The number of carbonyl (C=O) groups excluding carboxylic acids is 1. The van der Waals surface area contributed by atoms with Gasteiger partial charge >= 0.3 is 0 Å². The molecular formula is C13H9N5O4. The van der Waals surface area contributed by atoms with Gasteiger partial charge in [-0.1, -0.05) is 12.1 Å². The summed E-state index contributed by atoms with van der Waals surface area (Å²) in [5, 5.41) is 10.7. The minimum Gasteiger partial charge on any atom is -0.322 e. The van der Waals surface area contributed by atoms with Crippen LogP contribution in [0.25, 0.3) is 11.0 Å². The minimum absolute atomic E-state index is 0.355. The average Bonchev–Trinajstić information content (AvgIpc) is 2.90. The number of hydrogen-bond acceptors (Lipinski definition) is 5. The summed E-state index contributed by atoms with van der Waals surface area (Å²) in [6, 6.07) is 7.99. The number of pyridine rings is 1. The zero-order chi connectivity index (χ0) is 15.7. The van der Waals surface area contributed by atoms with Crippen molar-refractivity contribution in [3.05, 3.63) is 68.9 Å². The lowest BCUT2D eigenvalue weighted by atomic mass is 10.2. The summed E-state index contributed by atoms with van der Waals surface area (Å²) in [6.45, 7) is 0. The molecule has 0 aliphatic rings. The van der Waals surface area contributed by atoms with Crippen molar-refractivity contribution >= 4 is 22.6 Å². The van der Waals surface area contributed by atoms with Crippen molar-refractivity contribution in [2.45, 2.75) is 0 Å². The topological polar surface area (TPSA) is 123 Å². The van der Waals surface area contributed by atoms with Gasteiger partial charge in [0.2, 0.25) is 0 Å². The molecule has 0 aliphatic heterocycles. The Morgan fingerprint density at radius 3 is 2.91 bits per heavy atom. The summed E-state index contributed by atoms with van der Waals surface area (Å²) in [5.41, 5.74) is 2.32. The number of amides is 1. The summed E-state index contributed by atoms with van der Waals surface area (Å²) in [7, 11) is 0. The van der Waals surface area contributed by atoms with E-state index in [0.717, 1.165) is 12.3 Å². The van der Waals surface area contributed by atoms with Crippen LogP contribution in [0.2, 0.25) is 0 Å². The fourth-order valence-corrected chi connectivity index (χ4v) is 1.96. The molecule has 1 amide bonds. The Kier molecular flexibility index (Phi) is 3.14. The van der Waals surface area contributed by atoms with Crippen LogP contribution in [0.5, 0.6) is 0 Å². The van der Waals surface area contributed by atoms with Crippen LogP contribution in [0.1, 0.15) is 10.4 Å². The minimum atomic E-state index is -0.770. The highest BCUT2D eigenvalue weighted by Gasteiger charge is 2.17. The van der Waals surface area contributed by atoms with Gasteiger partial charge in [-0.25, -0.2) is 9.66 Å². The summed E-state index contributed by atoms with van der Waals surface area (Å²) in [6.07, 6.45) is 2.32. The summed E-state index contributed by atoms with van der Waals surface area (Å²) in [5.74, 6) is -0.770. The summed E-state index contributed by atoms with van der Waals surface area (Å²) >= 11 is 0. The van der Waals surface area contributed by atoms with Crippen LogP contribution in [0, 0.1) is 10.1 Å². The van der Waals surface area contributed by atoms with Gasteiger partial charge in [0.1, 0.15) is 11.9 Å². The molecule has 0 unspecified atom stereocenters. The van der Waals surface area contributed by atoms with Gasteiger partial charge in [-0.05, 0) is 12.1 Å². The van der Waals surface area contributed by atoms with Gasteiger partial charge in [-0.2, -0.15) is 0 Å². The Balaban J connectivity index is 1.96. The molecule has 0 bridgehead atoms. The first kappa shape index (κ1) is 13.5. The quantitative estimate of drug-likeness (QED) is 0.552. The number of benzene rings is 1. The number of nitro groups is 1. The Morgan fingerprint density at radius 1 is 1.36 bits per heavy atom. The molecule has 2 N–H and O–H groups in total. The average molecular weight is 299 g/mol. The number of hydrogen-bond donors (Lipinski definition) is 2. The van der Waals surface area contributed by atoms with Crippen LogP contribution in [-0.4, -0.2) is 25.5 Å². The molecule has 0 fully saturated rings. The summed E-state index contributed by atoms with van der Waals surface area (Å²) < 4.78 is 1.34. The van der Waals surface area contributed by atoms with E-state index in [9.17, 15) is 19.7 Å². The third-order valence-corrected chi connectivity index (χ3v) is 3.02. The second kappa shape index (κ2) is 5.13. The van der Waals surface area contributed by atoms with Crippen LogP contribution in [-0.2, 0) is 0 Å². The predicted molar refractivity (Wildman–Crippen MR) is 77.1 cm³/mol. The number of nitrogens with one attached hydrogen (secondary N) is 2. The Morgan fingerprint density at radius 2 is 2.14 bits per heavy atom. The monoisotopic (exact) mass is 299 g/mol. The standard InChI is InChI=1S/C13H9N5O4/c19-12-9(5-8(6-14-12)18(21)22)13(20)16-17-7-15-10-3-1-2-4-11(10)17/h1-7H,(H,14,19)(H,16,20). The van der Waals surface area contributed by atoms with E-state index in [1.54, 1.807) is 24.3 Å². The Bertz CT molecular complexity index is 943. The van der Waals surface area contributed by atoms with E-state index in [1.807, 2.05) is 0 Å². The molecule has 9 heteroatoms. The van der Waals surface area contributed by atoms with E-state index in [0.29, 0.717) is 11.0 Å². The second-order valence-corrected chi connectivity index (χ2v) is 4.40. The number of nitrogens with zero attached hydrogens (tertiary/aromatic N) is 3. The SMILES string of the molecule is O=C(Nn1cnc2ccccc21)c1cc([N+](=O)[O-])c[nH]c1=O. The molecule has 0 radical (unpaired) electrons. The number of rotatable bonds is 3. The third-order valence-electron chi connectivity index (χ3n) is 3.02. The van der Waals surface area contributed by atoms with Crippen molar-refractivity contribution in [3.8, 4) is 0 Å². The number of carbonyl (C=O) groups is 1. The second-order valence-electron chi connectivity index (χ2n) is 4.40. The lowest BCUT2D eigenvalue weighted by Gasteiger charge is -2.06. The van der Waals surface area contributed by atoms with Gasteiger partial charge in [0.25, 0.3) is 17.2 Å². The van der Waals surface area contributed by atoms with Gasteiger partial charge in [-0.15, -0.1) is 0 Å². The highest BCUT2D eigenvalue weighted by molar-refractivity contribution is 6.00. The maximum Gasteiger partial charge on any atom is 0.286 e. The molecule has 2 heterocycles. The first-order valence-electron chi connectivity index (χ1n) is 6.17. The van der Waals surface area contributed by atoms with Crippen LogP contribution in [0.15, 0.2) is 47.7 Å². The van der Waals surface area contributed by atoms with E-state index in [1.165, 1.54) is 11.0 Å². The molecule has 0 saturated carbocycles. The summed E-state index contributed by atoms with van der Waals surface area (Å²) in [4.78, 5) is 40.1. The molecular weight excluding hydrogens is 290 g/mol. The first-order chi connectivity index (χ1) is 10.6. The van der Waals surface area contributed by atoms with E-state index in [-0.39, 0.29) is 11.3 Å². The van der Waals surface area contributed by atoms with Crippen LogP contribution in [0.4, 0.5) is 5.69 Å². The molecule has 22 heavy (non-hydrogen) atoms. The van der Waals surface area contributed by atoms with E-state index in [2.05, 4.69) is 15.4 Å². The van der Waals surface area contributed by atoms with Crippen molar-refractivity contribution in [2.24, 2.45) is 0 Å². The number of imidazole rings is 1. The van der Waals surface area contributed by atoms with E-state index < -0.39 is 16.4 Å². The number of fused-ring (bicyclic) bond motifs is 1. The molecule has 9 nitrogen and oxygen atoms in total. The molecule has 0 spiro atoms. The fourth-order valence-electron chi connectivity index (χ4n) is 1.96. The van der Waals surface area contributed by atoms with Gasteiger partial charge in [0.05, 0.1) is 22.2 Å². The van der Waals surface area contributed by atoms with Crippen molar-refractivity contribution in [1.82, 2.24) is 14.6 Å². The van der Waals surface area contributed by atoms with Gasteiger partial charge in [0.15, 0.2) is 0 Å². The van der Waals surface area contributed by atoms with Crippen molar-refractivity contribution < 1.29 is 9.72 Å². The number of para-hydroxylation sites is 2. The molecule has 2 aromatic heterocycles. The molecule has 1 aromatic carbocycles. The van der Waals surface area contributed by atoms with Crippen molar-refractivity contribution in [3.63, 3.8) is 0 Å². The normalized spacial score (nSPS) is 10.5. The van der Waals surface area contributed by atoms with Crippen molar-refractivity contribution in [2.75, 3.05) is 5.43 Å². The molecule has 3 aromatic rings. The lowest BCUT2D eigenvalue weighted by Crippen LogP contribution is -2.28. The smallest absolute Gasteiger partial charge is 0.286 e. The van der Waals surface area contributed by atoms with Crippen molar-refractivity contribution in [1.29, 1.82) is 0 Å². The molecule has 0 atom stereocenters. The number of H-pyrrole nitrogens is 1. The zero-order valence-corrected chi connectivity index (χ0v) is 11.0. The molecule has 0 aliphatic carbocycles. The first-order valence-corrected chi connectivity index (χ1v) is 6.17. The van der Waals surface area contributed by atoms with Crippen LogP contribution in [0.3, 0.4) is 0 Å². The molecule has 0 saturated heterocycles. The highest BCUT2D eigenvalue weighted by Crippen LogP contribution is 2.11.